The predicted molar refractivity (Wildman–Crippen MR) is 103 cm³/mol. The third kappa shape index (κ3) is 2.16. The molecule has 1 unspecified atom stereocenters. The fourth-order valence-corrected chi connectivity index (χ4v) is 4.07. The molecule has 0 bridgehead atoms. The SMILES string of the molecule is C=C1/C=C\C=C/Nc2ccccc2C1(C1=CC=CC1)C1C=CC=C1. The lowest BCUT2D eigenvalue weighted by Gasteiger charge is -2.42. The molecule has 0 fully saturated rings. The van der Waals surface area contributed by atoms with Gasteiger partial charge in [0.25, 0.3) is 0 Å². The molecule has 2 aliphatic carbocycles. The average molecular weight is 311 g/mol. The quantitative estimate of drug-likeness (QED) is 0.749. The summed E-state index contributed by atoms with van der Waals surface area (Å²) >= 11 is 0. The van der Waals surface area contributed by atoms with Gasteiger partial charge in [-0.05, 0) is 29.7 Å². The summed E-state index contributed by atoms with van der Waals surface area (Å²) in [5, 5.41) is 3.46. The van der Waals surface area contributed by atoms with Crippen molar-refractivity contribution in [1.82, 2.24) is 0 Å². The Hall–Kier alpha value is -2.80. The van der Waals surface area contributed by atoms with Crippen molar-refractivity contribution in [2.24, 2.45) is 5.92 Å². The first-order chi connectivity index (χ1) is 11.8. The summed E-state index contributed by atoms with van der Waals surface area (Å²) in [5.41, 5.74) is 4.68. The van der Waals surface area contributed by atoms with Crippen molar-refractivity contribution in [3.8, 4) is 0 Å². The van der Waals surface area contributed by atoms with Crippen molar-refractivity contribution < 1.29 is 0 Å². The van der Waals surface area contributed by atoms with E-state index >= 15 is 0 Å². The molecule has 118 valence electrons. The zero-order chi connectivity index (χ0) is 16.4. The highest BCUT2D eigenvalue weighted by molar-refractivity contribution is 5.67. The van der Waals surface area contributed by atoms with E-state index in [-0.39, 0.29) is 11.3 Å². The molecule has 1 aliphatic heterocycles. The Morgan fingerprint density at radius 1 is 1.00 bits per heavy atom. The van der Waals surface area contributed by atoms with E-state index in [1.165, 1.54) is 11.1 Å². The van der Waals surface area contributed by atoms with E-state index < -0.39 is 0 Å². The highest BCUT2D eigenvalue weighted by atomic mass is 14.8. The first-order valence-corrected chi connectivity index (χ1v) is 8.43. The number of fused-ring (bicyclic) bond motifs is 1. The van der Waals surface area contributed by atoms with Crippen LogP contribution in [0.1, 0.15) is 12.0 Å². The first-order valence-electron chi connectivity index (χ1n) is 8.43. The summed E-state index contributed by atoms with van der Waals surface area (Å²) in [7, 11) is 0. The average Bonchev–Trinajstić information content (AvgIpc) is 3.31. The number of hydrogen-bond acceptors (Lipinski definition) is 1. The van der Waals surface area contributed by atoms with Gasteiger partial charge in [-0.1, -0.05) is 85.0 Å². The van der Waals surface area contributed by atoms with Crippen molar-refractivity contribution in [2.45, 2.75) is 11.8 Å². The van der Waals surface area contributed by atoms with Crippen molar-refractivity contribution in [1.29, 1.82) is 0 Å². The Bertz CT molecular complexity index is 833. The molecule has 1 aromatic carbocycles. The Balaban J connectivity index is 2.03. The van der Waals surface area contributed by atoms with E-state index in [0.717, 1.165) is 17.7 Å². The summed E-state index contributed by atoms with van der Waals surface area (Å²) in [5.74, 6) is 0.266. The predicted octanol–water partition coefficient (Wildman–Crippen LogP) is 5.60. The van der Waals surface area contributed by atoms with Crippen LogP contribution >= 0.6 is 0 Å². The van der Waals surface area contributed by atoms with Gasteiger partial charge in [0.2, 0.25) is 0 Å². The monoisotopic (exact) mass is 311 g/mol. The van der Waals surface area contributed by atoms with Gasteiger partial charge in [0.15, 0.2) is 0 Å². The minimum Gasteiger partial charge on any atom is -0.361 e. The molecular formula is C23H21N. The third-order valence-electron chi connectivity index (χ3n) is 5.13. The van der Waals surface area contributed by atoms with Crippen LogP contribution in [0.5, 0.6) is 0 Å². The van der Waals surface area contributed by atoms with E-state index in [4.69, 9.17) is 0 Å². The Morgan fingerprint density at radius 3 is 2.62 bits per heavy atom. The minimum atomic E-state index is -0.265. The van der Waals surface area contributed by atoms with E-state index in [2.05, 4.69) is 90.8 Å². The van der Waals surface area contributed by atoms with Crippen molar-refractivity contribution >= 4 is 5.69 Å². The zero-order valence-electron chi connectivity index (χ0n) is 13.7. The second-order valence-electron chi connectivity index (χ2n) is 6.36. The van der Waals surface area contributed by atoms with Gasteiger partial charge in [0.1, 0.15) is 0 Å². The van der Waals surface area contributed by atoms with Crippen LogP contribution in [-0.4, -0.2) is 0 Å². The molecule has 1 N–H and O–H groups in total. The van der Waals surface area contributed by atoms with Gasteiger partial charge < -0.3 is 5.32 Å². The van der Waals surface area contributed by atoms with Crippen LogP contribution in [0.4, 0.5) is 5.69 Å². The molecule has 0 saturated carbocycles. The maximum absolute atomic E-state index is 4.51. The molecule has 4 rings (SSSR count). The number of para-hydroxylation sites is 1. The van der Waals surface area contributed by atoms with Crippen LogP contribution < -0.4 is 5.32 Å². The zero-order valence-corrected chi connectivity index (χ0v) is 13.7. The minimum absolute atomic E-state index is 0.265. The summed E-state index contributed by atoms with van der Waals surface area (Å²) in [6.45, 7) is 4.51. The summed E-state index contributed by atoms with van der Waals surface area (Å²) in [4.78, 5) is 0. The van der Waals surface area contributed by atoms with Crippen LogP contribution in [0.2, 0.25) is 0 Å². The van der Waals surface area contributed by atoms with Crippen LogP contribution in [0.25, 0.3) is 0 Å². The van der Waals surface area contributed by atoms with E-state index in [1.807, 2.05) is 12.3 Å². The number of allylic oxidation sites excluding steroid dienone is 12. The van der Waals surface area contributed by atoms with Gasteiger partial charge in [-0.3, -0.25) is 0 Å². The molecule has 3 aliphatic rings. The Morgan fingerprint density at radius 2 is 1.83 bits per heavy atom. The highest BCUT2D eigenvalue weighted by Gasteiger charge is 2.45. The molecule has 1 heterocycles. The number of rotatable bonds is 2. The largest absolute Gasteiger partial charge is 0.361 e. The lowest BCUT2D eigenvalue weighted by Crippen LogP contribution is -2.37. The molecule has 0 spiro atoms. The van der Waals surface area contributed by atoms with Gasteiger partial charge in [-0.25, -0.2) is 0 Å². The van der Waals surface area contributed by atoms with Gasteiger partial charge in [-0.15, -0.1) is 0 Å². The fraction of sp³-hybridized carbons (Fsp3) is 0.130. The second kappa shape index (κ2) is 6.01. The molecule has 1 aromatic rings. The molecule has 1 heteroatoms. The lowest BCUT2D eigenvalue weighted by atomic mass is 9.60. The smallest absolute Gasteiger partial charge is 0.0529 e. The van der Waals surface area contributed by atoms with Crippen LogP contribution in [0.3, 0.4) is 0 Å². The maximum atomic E-state index is 4.51. The normalized spacial score (nSPS) is 27.8. The van der Waals surface area contributed by atoms with Crippen LogP contribution in [0.15, 0.2) is 109 Å². The molecule has 1 atom stereocenters. The maximum Gasteiger partial charge on any atom is 0.0529 e. The molecule has 0 radical (unpaired) electrons. The first kappa shape index (κ1) is 14.8. The van der Waals surface area contributed by atoms with E-state index in [9.17, 15) is 0 Å². The lowest BCUT2D eigenvalue weighted by molar-refractivity contribution is 0.512. The van der Waals surface area contributed by atoms with Crippen LogP contribution in [-0.2, 0) is 5.41 Å². The Kier molecular flexibility index (Phi) is 3.70. The number of nitrogens with one attached hydrogen (secondary N) is 1. The number of anilines is 1. The molecule has 0 amide bonds. The Labute approximate surface area is 143 Å². The number of benzene rings is 1. The fourth-order valence-electron chi connectivity index (χ4n) is 4.07. The van der Waals surface area contributed by atoms with Gasteiger partial charge in [-0.2, -0.15) is 0 Å². The third-order valence-corrected chi connectivity index (χ3v) is 5.13. The van der Waals surface area contributed by atoms with Gasteiger partial charge >= 0.3 is 0 Å². The topological polar surface area (TPSA) is 12.0 Å². The molecule has 0 aromatic heterocycles. The molecule has 24 heavy (non-hydrogen) atoms. The summed E-state index contributed by atoms with van der Waals surface area (Å²) in [6, 6.07) is 8.59. The van der Waals surface area contributed by atoms with Crippen molar-refractivity contribution in [2.75, 3.05) is 5.32 Å². The van der Waals surface area contributed by atoms with Gasteiger partial charge in [0, 0.05) is 17.8 Å². The number of hydrogen-bond donors (Lipinski definition) is 1. The van der Waals surface area contributed by atoms with E-state index in [0.29, 0.717) is 0 Å². The summed E-state index contributed by atoms with van der Waals surface area (Å²) in [6.07, 6.45) is 24.7. The van der Waals surface area contributed by atoms with Crippen molar-refractivity contribution in [3.63, 3.8) is 0 Å². The molecule has 1 nitrogen and oxygen atoms in total. The van der Waals surface area contributed by atoms with Crippen molar-refractivity contribution in [3.05, 3.63) is 115 Å². The standard InChI is InChI=1S/C23H21N/c1-18-10-8-9-17-24-22-16-7-6-15-21(22)23(18,19-11-2-3-12-19)20-13-4-5-14-20/h2-13,15-17,19,24H,1,14H2/b10-8-,17-9-. The van der Waals surface area contributed by atoms with Gasteiger partial charge in [0.05, 0.1) is 5.41 Å². The molecule has 0 saturated heterocycles. The second-order valence-corrected chi connectivity index (χ2v) is 6.36. The van der Waals surface area contributed by atoms with E-state index in [1.54, 1.807) is 0 Å². The highest BCUT2D eigenvalue weighted by Crippen LogP contribution is 2.52. The molecular weight excluding hydrogens is 290 g/mol. The van der Waals surface area contributed by atoms with Crippen LogP contribution in [0, 0.1) is 5.92 Å². The summed E-state index contributed by atoms with van der Waals surface area (Å²) < 4.78 is 0.